The van der Waals surface area contributed by atoms with Gasteiger partial charge in [0.15, 0.2) is 0 Å². The number of rotatable bonds is 0. The van der Waals surface area contributed by atoms with Gasteiger partial charge >= 0.3 is 0 Å². The molecule has 0 aromatic heterocycles. The SMILES string of the molecule is C1CC23CC4C5C6C7C8C9C%10C%11C%12C%13CC%14C%15C%16C%17C%18C%19[C@@H]%20C%21C%22C%23CC%24C%25C%26C%27[C@@H]%28C%29C%30C%31C%32C%33C1C1C%34C%35C%36C%37C%38C%39C%40C2C2%41C43C53C64C75C67C4%42C23C23C%40%41C%394C%38%39C%38%40C42C24C3%42C63C26C2%41C4%38C4%38C%40%42C%37%39[C@@]%36%37C%35%36C%34%35C%331C%321C%31%32C%30%31C%30%33C%32%34C1%35C%361C%34%32C%30%34C%30%35C%33%36C%29%31[C@@]%28%29C%27%28C%26%27C%25%26C%24%23C%22%23C%26%22C%27%24C%28%25C%26%27C%24%28C%22%24C%21%23[C@@]%20%21C%19%20C%18%19C%17%18C%16%17C%15%16C%14%13C%12%13C%11%12C%11%14C%16%13C%17%13C%18%15C%19%16C%17%18C%15%19C%13%11C%11%13C%14%15C%10%12[C@@]9%10C85C75C37C63C26C28C%414[C@]%34([C@]%302C2([C@@]%26%35[C@@]%25%36%29)[C@@]%274C9(C%17%12C%16%20[C@]%24%21[C@@]%28%124)C%184C%19%11[C@]3([C@@]46[C@@]982)[C@]%137[C@]%155%10)[C@@]%32%38[C@@]1%42%37. The molecule has 122 fully saturated rings. The van der Waals surface area contributed by atoms with Gasteiger partial charge in [0.05, 0.1) is 0 Å². The van der Waals surface area contributed by atoms with Crippen LogP contribution in [-0.2, 0) is 0 Å². The average molecular weight is 1800 g/mol. The Kier molecular flexibility index (Phi) is 1.66. The van der Waals surface area contributed by atoms with Gasteiger partial charge in [0.2, 0.25) is 0 Å². The molecule has 0 aromatic rings. The van der Waals surface area contributed by atoms with Crippen molar-refractivity contribution in [1.82, 2.24) is 0 Å². The average Bonchev–Trinajstić information content (AvgIpc) is 0.384. The Hall–Kier alpha value is 0. The Morgan fingerprint density at radius 1 is 0.103 bits per heavy atom. The van der Waals surface area contributed by atoms with Crippen LogP contribution < -0.4 is 0 Å². The van der Waals surface area contributed by atoms with Gasteiger partial charge in [-0.05, 0) is 816 Å². The fraction of sp³-hybridized carbons (Fsp3) is 1.00. The number of fused-ring (bicyclic) bond motifs is 28. The van der Waals surface area contributed by atoms with Crippen molar-refractivity contribution in [2.45, 2.75) is 32.1 Å². The van der Waals surface area contributed by atoms with E-state index < -0.39 is 0 Å². The van der Waals surface area contributed by atoms with Crippen LogP contribution in [0.4, 0.5) is 0 Å². The van der Waals surface area contributed by atoms with Crippen molar-refractivity contribution in [3.05, 3.63) is 319 Å². The van der Waals surface area contributed by atoms with E-state index in [-0.39, 0.29) is 0 Å². The summed E-state index contributed by atoms with van der Waals surface area (Å²) in [7, 11) is 0. The Morgan fingerprint density at radius 2 is 0.253 bits per heavy atom. The van der Waals surface area contributed by atoms with E-state index in [0.29, 0.717) is 0 Å². The normalized spacial score (nSPS) is 163. The summed E-state index contributed by atoms with van der Waals surface area (Å²) in [6.45, 7) is 0. The lowest BCUT2D eigenvalue weighted by atomic mass is 8.13. The summed E-state index contributed by atoms with van der Waals surface area (Å²) in [5.41, 5.74) is 118. The highest BCUT2D eigenvalue weighted by Crippen LogP contribution is 4.05. The van der Waals surface area contributed by atoms with Crippen LogP contribution in [0.2, 0.25) is 0 Å². The van der Waals surface area contributed by atoms with Crippen molar-refractivity contribution in [1.29, 1.82) is 0 Å². The van der Waals surface area contributed by atoms with Gasteiger partial charge in [-0.25, -0.2) is 0 Å². The molecule has 0 N–H and O–H groups in total. The van der Waals surface area contributed by atoms with Crippen LogP contribution in [-0.4, -0.2) is 0 Å². The summed E-state index contributed by atoms with van der Waals surface area (Å²) >= 11 is 0. The summed E-state index contributed by atoms with van der Waals surface area (Å²) < 4.78 is 0. The maximum atomic E-state index is 2.08. The monoisotopic (exact) mass is 1800 g/mol. The molecule has 122 rings (SSSR count). The van der Waals surface area contributed by atoms with E-state index >= 15 is 0 Å². The van der Waals surface area contributed by atoms with Crippen LogP contribution in [0.1, 0.15) is 32.1 Å². The summed E-state index contributed by atoms with van der Waals surface area (Å²) in [6, 6.07) is 0. The van der Waals surface area contributed by atoms with E-state index in [1.165, 1.54) is 556 Å². The second-order valence-corrected chi connectivity index (χ2v) is 101. The van der Waals surface area contributed by atoms with Crippen molar-refractivity contribution in [2.24, 2.45) is 464 Å². The van der Waals surface area contributed by atoms with E-state index in [4.69, 9.17) is 0 Å². The zero-order valence-electron chi connectivity index (χ0n) is 77.1. The summed E-state index contributed by atoms with van der Waals surface area (Å²) in [4.78, 5) is 0. The maximum Gasteiger partial charge on any atom is -0.00000000322 e. The topological polar surface area (TPSA) is 0 Å². The molecule has 634 valence electrons. The van der Waals surface area contributed by atoms with Crippen LogP contribution in [0.15, 0.2) is 0 Å². The Labute approximate surface area is 809 Å². The van der Waals surface area contributed by atoms with Gasteiger partial charge in [0.25, 0.3) is 0 Å². The molecule has 141 atom stereocenters. The smallest absolute Gasteiger partial charge is 0.00000000322 e. The van der Waals surface area contributed by atoms with Crippen molar-refractivity contribution in [3.63, 3.8) is 0 Å². The fourth-order valence-corrected chi connectivity index (χ4v) is 194. The molecule has 0 heterocycles. The zero-order valence-corrected chi connectivity index (χ0v) is 77.1. The summed E-state index contributed by atoms with van der Waals surface area (Å²) in [6.07, 6.45) is 10.2. The second kappa shape index (κ2) is 5.63. The van der Waals surface area contributed by atoms with Gasteiger partial charge in [-0.1, -0.05) is 0 Å². The molecule has 146 heavy (non-hydrogen) atoms. The molecule has 0 radical (unpaired) electrons. The molecule has 101 spiro atoms. The highest BCUT2D eigenvalue weighted by Gasteiger charge is 3.99. The van der Waals surface area contributed by atoms with E-state index in [2.05, 4.69) is 12.8 Å². The molecule has 122 aliphatic carbocycles. The van der Waals surface area contributed by atoms with Crippen molar-refractivity contribution < 1.29 is 0 Å². The predicted molar refractivity (Wildman–Crippen MR) is 456 cm³/mol. The van der Waals surface area contributed by atoms with E-state index in [1.54, 1.807) is 0 Å². The molecular formula is C146H50. The molecular weight excluding hydrogens is 1750 g/mol. The number of hydrogen-bond donors (Lipinski definition) is 0. The molecule has 0 bridgehead atoms. The quantitative estimate of drug-likeness (QED) is 0.227. The molecule has 0 heteroatoms. The van der Waals surface area contributed by atoms with E-state index in [9.17, 15) is 0 Å². The second-order valence-electron chi connectivity index (χ2n) is 101. The largest absolute Gasteiger partial charge is 0.0493 e. The third kappa shape index (κ3) is 0.710. The molecule has 0 amide bonds. The van der Waals surface area contributed by atoms with Crippen LogP contribution in [0.3, 0.4) is 0 Å². The van der Waals surface area contributed by atoms with Gasteiger partial charge in [-0.15, -0.1) is 0 Å². The zero-order chi connectivity index (χ0) is 77.1. The van der Waals surface area contributed by atoms with Crippen LogP contribution in [0, 0.1) is 784 Å². The first-order chi connectivity index (χ1) is 72.8. The highest BCUT2D eigenvalue weighted by molar-refractivity contribution is 7.10. The first kappa shape index (κ1) is 43.1. The fourth-order valence-electron chi connectivity index (χ4n) is 194. The minimum atomic E-state index is 0.997. The van der Waals surface area contributed by atoms with Gasteiger partial charge in [-0.3, -0.25) is 0 Å². The Bertz CT molecular complexity index is 13200. The lowest BCUT2D eigenvalue weighted by Crippen LogP contribution is -3.83. The maximum absolute atomic E-state index is 2.08. The molecule has 0 nitrogen and oxygen atoms in total. The van der Waals surface area contributed by atoms with Crippen LogP contribution in [0.25, 0.3) is 0 Å². The highest BCUT2D eigenvalue weighted by atomic mass is 16.0. The van der Waals surface area contributed by atoms with Crippen molar-refractivity contribution in [2.75, 3.05) is 0 Å². The van der Waals surface area contributed by atoms with Crippen LogP contribution >= 0.6 is 0 Å². The lowest BCUT2D eigenvalue weighted by Gasteiger charge is -3.88. The van der Waals surface area contributed by atoms with Gasteiger partial charge in [0.1, 0.15) is 0 Å². The summed E-state index contributed by atoms with van der Waals surface area (Å²) in [5.74, 6) is 59.3. The van der Waals surface area contributed by atoms with Crippen molar-refractivity contribution >= 4 is 0 Å². The standard InChI is InChI=1S/C146H50/c1-2-46-5-11-18-25-32-39-37-30-23-16-9-3-8-15-22-29-36-35-28-21-14-7-4-10-17-24-31-38-40-33-26-19-12-6(1)13-20-27-34-41-42-43-44-45(46)82-50(11,46)57(18)64(25)71(32)78(39)75(37)68(30)61(23)54(16)48(8,9)52(15)59(22)66(29)73(36)72(35)65(28)58(21)51(14)47(7,10)53(17)60(24)67(31)74(38)76(40)69(33)62(26)55(19)49(12,13)56(20)63(27)70(34)77(41)79(42)80(43)81(44,82)94-86(57,82)93(64)101(71)109(78)106(75)98(68)90(61)84(52,54)88(59)96(66)104(73)103(72)95(65)87(58)83(51,53)89(60)97(67)105(74)107(76)99(69)91(62)85(55,56)92(63)100(70)108(77)110(79)102(80,94)122-114(93,94)121(101)129(109)126(106)118(98)112(88,90)116(96)124(104)123(103)115(95)111(87,89)117(97)125(105)127(107)119(99)113(91,92)120(100)128(108)130(110,122)142-134(121,122)141(129)138(126)132(116,118)136(124)135(123)131(115,117)137(125)139(127)133(119,120)140(128,142)145(139)143(135,137)144(136,138)146(141,142)145/h6-45H,1-5H2/t6?,7?,8?,9?,10?,11?,12?,13?,14?,15?,16?,17?,18?,19?,20?,21?,22?,23?,24?,25?,26?,27?,28-,29?,30?,31?,32?,33?,34?,35?,36?,37?,38+,39?,40?,41?,42?,43?,44?,45?,46?,47?,48?,49?,50?,51?,52?,53?,54?,55?,56?,57?,58?,59?,60?,61?,62?,63?,64?,65+,66?,67?,68?,69?,70-,71?,72?,73?,74-,75+,76?,77?,78?,79?,80?,81?,82?,83?,84?,85?,86?,87?,88?,89?,90?,91?,92?,93?,94?,95+,96?,97?,98?,99?,100-,101?,102?,103?,104?,105-,106+,107?,108?,109?,110?,111?,112?,113?,114?,115+,116?,117?,118?,119?,120-,121?,122?,123?,124?,125-,126+,127?,128?,129?,130?,131+,132?,133-,134?,135?,136?,137?,138+,139-,140?,141?,142?,143-,144+,145?,146?/m0/s1. The predicted octanol–water partition coefficient (Wildman–Crippen LogP) is 11.7. The lowest BCUT2D eigenvalue weighted by molar-refractivity contribution is -1.25. The molecule has 0 aliphatic heterocycles. The minimum Gasteiger partial charge on any atom is -0.0493 e. The molecule has 122 aliphatic rings. The third-order valence-corrected chi connectivity index (χ3v) is 143. The molecule has 122 saturated carbocycles. The first-order valence-electron chi connectivity index (χ1n) is 72.8. The van der Waals surface area contributed by atoms with Gasteiger partial charge in [-0.2, -0.15) is 0 Å². The third-order valence-electron chi connectivity index (χ3n) is 143. The first-order valence-corrected chi connectivity index (χ1v) is 72.8. The van der Waals surface area contributed by atoms with Gasteiger partial charge in [0, 0.05) is 0 Å². The Balaban J connectivity index is 0.524. The molecule has 0 saturated heterocycles. The van der Waals surface area contributed by atoms with Gasteiger partial charge < -0.3 is 0 Å². The molecule has 121 unspecified atom stereocenters. The Morgan fingerprint density at radius 3 is 0.486 bits per heavy atom. The molecule has 0 aromatic carbocycles. The van der Waals surface area contributed by atoms with E-state index in [1.807, 2.05) is 19.3 Å². The van der Waals surface area contributed by atoms with Crippen molar-refractivity contribution in [3.8, 4) is 0 Å². The van der Waals surface area contributed by atoms with E-state index in [0.717, 1.165) is 227 Å². The number of hydrogen-bond acceptors (Lipinski definition) is 0. The minimum absolute atomic E-state index is 0.997. The van der Waals surface area contributed by atoms with Crippen LogP contribution in [0.5, 0.6) is 0 Å². The summed E-state index contributed by atoms with van der Waals surface area (Å²) in [5, 5.41) is 0.